The van der Waals surface area contributed by atoms with E-state index < -0.39 is 12.0 Å². The number of halogens is 1. The summed E-state index contributed by atoms with van der Waals surface area (Å²) in [5, 5.41) is 5.55. The second kappa shape index (κ2) is 8.25. The van der Waals surface area contributed by atoms with E-state index in [2.05, 4.69) is 31.3 Å². The van der Waals surface area contributed by atoms with Crippen LogP contribution in [0.15, 0.2) is 22.7 Å². The minimum Gasteiger partial charge on any atom is -0.469 e. The largest absolute Gasteiger partial charge is 0.469 e. The number of nitrogens with one attached hydrogen (secondary N) is 3. The predicted octanol–water partition coefficient (Wildman–Crippen LogP) is -0.358. The quantitative estimate of drug-likeness (QED) is 0.591. The number of anilines is 1. The van der Waals surface area contributed by atoms with E-state index in [0.717, 1.165) is 14.9 Å². The molecule has 1 aliphatic heterocycles. The zero-order chi connectivity index (χ0) is 17.7. The van der Waals surface area contributed by atoms with Gasteiger partial charge in [0.25, 0.3) is 11.8 Å². The summed E-state index contributed by atoms with van der Waals surface area (Å²) in [6, 6.07) is 4.95. The first-order chi connectivity index (χ1) is 11.4. The number of hydrogen-bond donors (Lipinski definition) is 3. The Morgan fingerprint density at radius 2 is 2.21 bits per heavy atom. The number of methoxy groups -OCH3 is 1. The maximum absolute atomic E-state index is 12.3. The van der Waals surface area contributed by atoms with Gasteiger partial charge in [-0.15, -0.1) is 0 Å². The van der Waals surface area contributed by atoms with E-state index in [1.807, 2.05) is 25.1 Å². The number of hydrogen-bond acceptors (Lipinski definition) is 4. The zero-order valence-corrected chi connectivity index (χ0v) is 15.2. The number of benzene rings is 1. The summed E-state index contributed by atoms with van der Waals surface area (Å²) >= 11 is 3.43. The summed E-state index contributed by atoms with van der Waals surface area (Å²) in [6.45, 7) is 3.14. The summed E-state index contributed by atoms with van der Waals surface area (Å²) < 4.78 is 5.55. The number of ether oxygens (including phenoxy) is 1. The molecule has 0 bridgehead atoms. The molecule has 0 saturated carbocycles. The molecule has 1 unspecified atom stereocenters. The second-order valence-corrected chi connectivity index (χ2v) is 6.58. The molecule has 2 amide bonds. The number of carbonyl (C=O) groups excluding carboxylic acids is 3. The number of piperazine rings is 1. The van der Waals surface area contributed by atoms with Gasteiger partial charge in [0.1, 0.15) is 6.42 Å². The topological polar surface area (TPSA) is 88.9 Å². The average Bonchev–Trinajstić information content (AvgIpc) is 2.54. The van der Waals surface area contributed by atoms with E-state index in [0.29, 0.717) is 18.8 Å². The van der Waals surface area contributed by atoms with Gasteiger partial charge >= 0.3 is 5.97 Å². The van der Waals surface area contributed by atoms with Gasteiger partial charge in [-0.05, 0) is 24.6 Å². The molecule has 0 aromatic heterocycles. The second-order valence-electron chi connectivity index (χ2n) is 5.72. The lowest BCUT2D eigenvalue weighted by atomic mass is 10.1. The molecule has 2 rings (SSSR count). The third-order valence-electron chi connectivity index (χ3n) is 4.00. The number of esters is 1. The summed E-state index contributed by atoms with van der Waals surface area (Å²) in [5.74, 6) is -0.893. The van der Waals surface area contributed by atoms with Crippen LogP contribution in [0.4, 0.5) is 5.69 Å². The van der Waals surface area contributed by atoms with Crippen molar-refractivity contribution in [2.45, 2.75) is 19.4 Å². The number of carbonyl (C=O) groups is 3. The van der Waals surface area contributed by atoms with Crippen molar-refractivity contribution in [1.82, 2.24) is 5.32 Å². The molecule has 1 aromatic rings. The summed E-state index contributed by atoms with van der Waals surface area (Å²) in [7, 11) is 1.28. The molecule has 0 aliphatic carbocycles. The van der Waals surface area contributed by atoms with Gasteiger partial charge in [0.2, 0.25) is 0 Å². The molecule has 3 N–H and O–H groups in total. The van der Waals surface area contributed by atoms with Crippen molar-refractivity contribution in [3.05, 3.63) is 28.2 Å². The third kappa shape index (κ3) is 4.78. The molecule has 1 heterocycles. The highest BCUT2D eigenvalue weighted by Gasteiger charge is 2.36. The molecule has 0 spiro atoms. The fourth-order valence-electron chi connectivity index (χ4n) is 2.61. The first-order valence-corrected chi connectivity index (χ1v) is 8.45. The van der Waals surface area contributed by atoms with Crippen LogP contribution in [-0.4, -0.2) is 50.6 Å². The normalized spacial score (nSPS) is 20.2. The lowest BCUT2D eigenvalue weighted by molar-refractivity contribution is -0.909. The number of rotatable bonds is 5. The van der Waals surface area contributed by atoms with Crippen LogP contribution in [0.3, 0.4) is 0 Å². The minimum atomic E-state index is -0.610. The van der Waals surface area contributed by atoms with Gasteiger partial charge in [-0.1, -0.05) is 22.0 Å². The number of amides is 2. The Hall–Kier alpha value is -1.93. The Kier molecular flexibility index (Phi) is 6.33. The van der Waals surface area contributed by atoms with Crippen molar-refractivity contribution < 1.29 is 24.0 Å². The van der Waals surface area contributed by atoms with E-state index in [9.17, 15) is 14.4 Å². The highest BCUT2D eigenvalue weighted by atomic mass is 79.9. The first kappa shape index (κ1) is 18.4. The molecular weight excluding hydrogens is 378 g/mol. The van der Waals surface area contributed by atoms with Gasteiger partial charge in [0.15, 0.2) is 12.6 Å². The molecule has 130 valence electrons. The van der Waals surface area contributed by atoms with E-state index in [4.69, 9.17) is 0 Å². The number of quaternary nitrogens is 1. The van der Waals surface area contributed by atoms with E-state index >= 15 is 0 Å². The maximum Gasteiger partial charge on any atom is 0.312 e. The van der Waals surface area contributed by atoms with Crippen LogP contribution in [0, 0.1) is 6.92 Å². The summed E-state index contributed by atoms with van der Waals surface area (Å²) in [5.41, 5.74) is 1.76. The van der Waals surface area contributed by atoms with Crippen molar-refractivity contribution in [1.29, 1.82) is 0 Å². The Labute approximate surface area is 148 Å². The Balaban J connectivity index is 2.00. The maximum atomic E-state index is 12.3. The zero-order valence-electron chi connectivity index (χ0n) is 13.6. The molecule has 8 heteroatoms. The van der Waals surface area contributed by atoms with Crippen molar-refractivity contribution >= 4 is 39.4 Å². The lowest BCUT2D eigenvalue weighted by Gasteiger charge is -2.30. The van der Waals surface area contributed by atoms with Crippen LogP contribution in [0.25, 0.3) is 0 Å². The molecule has 2 atom stereocenters. The SMILES string of the molecule is COC(=O)C[C@@H]1C(=O)NCC[NH+]1CC(=O)Nc1ccc(C)c(Br)c1. The van der Waals surface area contributed by atoms with Crippen molar-refractivity contribution in [2.75, 3.05) is 32.1 Å². The van der Waals surface area contributed by atoms with Crippen LogP contribution >= 0.6 is 15.9 Å². The molecule has 0 radical (unpaired) electrons. The fraction of sp³-hybridized carbons (Fsp3) is 0.438. The Morgan fingerprint density at radius 1 is 1.46 bits per heavy atom. The van der Waals surface area contributed by atoms with Crippen LogP contribution in [0.5, 0.6) is 0 Å². The molecule has 24 heavy (non-hydrogen) atoms. The van der Waals surface area contributed by atoms with Gasteiger partial charge in [-0.2, -0.15) is 0 Å². The van der Waals surface area contributed by atoms with Crippen molar-refractivity contribution in [2.24, 2.45) is 0 Å². The van der Waals surface area contributed by atoms with Gasteiger partial charge in [0, 0.05) is 10.2 Å². The van der Waals surface area contributed by atoms with Gasteiger partial charge in [-0.25, -0.2) is 0 Å². The van der Waals surface area contributed by atoms with Gasteiger partial charge in [-0.3, -0.25) is 14.4 Å². The highest BCUT2D eigenvalue weighted by Crippen LogP contribution is 2.20. The molecule has 1 saturated heterocycles. The molecule has 1 aromatic carbocycles. The van der Waals surface area contributed by atoms with Crippen LogP contribution in [0.2, 0.25) is 0 Å². The third-order valence-corrected chi connectivity index (χ3v) is 4.85. The smallest absolute Gasteiger partial charge is 0.312 e. The molecule has 1 fully saturated rings. The van der Waals surface area contributed by atoms with Crippen LogP contribution < -0.4 is 15.5 Å². The number of aryl methyl sites for hydroxylation is 1. The van der Waals surface area contributed by atoms with Gasteiger partial charge < -0.3 is 20.3 Å². The van der Waals surface area contributed by atoms with E-state index in [-0.39, 0.29) is 24.8 Å². The van der Waals surface area contributed by atoms with Crippen molar-refractivity contribution in [3.63, 3.8) is 0 Å². The summed E-state index contributed by atoms with van der Waals surface area (Å²) in [6.07, 6.45) is -0.0406. The van der Waals surface area contributed by atoms with E-state index in [1.165, 1.54) is 7.11 Å². The molecule has 1 aliphatic rings. The first-order valence-electron chi connectivity index (χ1n) is 7.66. The summed E-state index contributed by atoms with van der Waals surface area (Å²) in [4.78, 5) is 36.5. The average molecular weight is 399 g/mol. The molecular formula is C16H21BrN3O4+. The fourth-order valence-corrected chi connectivity index (χ4v) is 2.99. The Morgan fingerprint density at radius 3 is 2.88 bits per heavy atom. The molecule has 7 nitrogen and oxygen atoms in total. The predicted molar refractivity (Wildman–Crippen MR) is 91.6 cm³/mol. The Bertz CT molecular complexity index is 650. The van der Waals surface area contributed by atoms with Crippen molar-refractivity contribution in [3.8, 4) is 0 Å². The highest BCUT2D eigenvalue weighted by molar-refractivity contribution is 9.10. The van der Waals surface area contributed by atoms with Crippen LogP contribution in [-0.2, 0) is 19.1 Å². The van der Waals surface area contributed by atoms with Crippen LogP contribution in [0.1, 0.15) is 12.0 Å². The standard InChI is InChI=1S/C16H20BrN3O4/c1-10-3-4-11(7-12(10)17)19-14(21)9-20-6-5-18-16(23)13(20)8-15(22)24-2/h3-4,7,13H,5-6,8-9H2,1-2H3,(H,18,23)(H,19,21)/p+1/t13-/m1/s1. The lowest BCUT2D eigenvalue weighted by Crippen LogP contribution is -3.20. The minimum absolute atomic E-state index is 0.0406. The van der Waals surface area contributed by atoms with Gasteiger partial charge in [0.05, 0.1) is 20.2 Å². The monoisotopic (exact) mass is 398 g/mol. The van der Waals surface area contributed by atoms with E-state index in [1.54, 1.807) is 0 Å².